The summed E-state index contributed by atoms with van der Waals surface area (Å²) in [5, 5.41) is 19.5. The van der Waals surface area contributed by atoms with E-state index in [2.05, 4.69) is 19.1 Å². The second-order valence-corrected chi connectivity index (χ2v) is 7.26. The minimum absolute atomic E-state index is 0.00962. The fourth-order valence-electron chi connectivity index (χ4n) is 2.74. The number of carbonyl (C=O) groups is 1. The van der Waals surface area contributed by atoms with Crippen molar-refractivity contribution >= 4 is 5.97 Å². The summed E-state index contributed by atoms with van der Waals surface area (Å²) in [4.78, 5) is 12.1. The molecule has 0 aromatic heterocycles. The molecule has 2 rings (SSSR count). The lowest BCUT2D eigenvalue weighted by atomic mass is 10.0. The average molecular weight is 372 g/mol. The van der Waals surface area contributed by atoms with Crippen molar-refractivity contribution in [2.24, 2.45) is 0 Å². The molecule has 1 atom stereocenters. The lowest BCUT2D eigenvalue weighted by Crippen LogP contribution is -2.18. The third kappa shape index (κ3) is 6.00. The van der Waals surface area contributed by atoms with Crippen LogP contribution in [0.1, 0.15) is 51.7 Å². The number of carbonyl (C=O) groups excluding carboxylic acids is 1. The minimum Gasteiger partial charge on any atom is -0.508 e. The zero-order chi connectivity index (χ0) is 20.0. The standard InChI is InChI=1S/C22H28O5/c1-15(8-6-12-22(2,3)26-4)7-5-9-16-13-20(27-21(16)25)18-14-17(23)10-11-19(18)24/h6-7,10-14,20,23-24H,5,8-9H2,1-4H3. The number of esters is 1. The number of aromatic hydroxyl groups is 2. The van der Waals surface area contributed by atoms with Gasteiger partial charge in [-0.2, -0.15) is 0 Å². The molecule has 0 aliphatic carbocycles. The molecule has 2 N–H and O–H groups in total. The lowest BCUT2D eigenvalue weighted by Gasteiger charge is -2.17. The Labute approximate surface area is 160 Å². The summed E-state index contributed by atoms with van der Waals surface area (Å²) in [6.07, 6.45) is 9.40. The minimum atomic E-state index is -0.663. The van der Waals surface area contributed by atoms with E-state index in [-0.39, 0.29) is 23.1 Å². The Balaban J connectivity index is 1.93. The van der Waals surface area contributed by atoms with Gasteiger partial charge in [-0.15, -0.1) is 0 Å². The van der Waals surface area contributed by atoms with E-state index in [0.717, 1.165) is 12.8 Å². The molecule has 27 heavy (non-hydrogen) atoms. The zero-order valence-corrected chi connectivity index (χ0v) is 16.4. The van der Waals surface area contributed by atoms with Crippen molar-refractivity contribution in [2.45, 2.75) is 51.7 Å². The molecule has 0 amide bonds. The summed E-state index contributed by atoms with van der Waals surface area (Å²) in [6, 6.07) is 4.18. The van der Waals surface area contributed by atoms with Gasteiger partial charge in [0, 0.05) is 18.2 Å². The Bertz CT molecular complexity index is 771. The van der Waals surface area contributed by atoms with Crippen LogP contribution in [0.4, 0.5) is 0 Å². The SMILES string of the molecule is COC(C)(C)C=CCC(C)=CCCC1=CC(c2cc(O)ccc2O)OC1=O. The van der Waals surface area contributed by atoms with E-state index in [1.165, 1.54) is 23.8 Å². The number of phenols is 2. The van der Waals surface area contributed by atoms with E-state index in [1.54, 1.807) is 13.2 Å². The second kappa shape index (κ2) is 8.91. The molecule has 1 unspecified atom stereocenters. The number of allylic oxidation sites excluding steroid dienone is 3. The third-order valence-corrected chi connectivity index (χ3v) is 4.56. The predicted molar refractivity (Wildman–Crippen MR) is 105 cm³/mol. The third-order valence-electron chi connectivity index (χ3n) is 4.56. The van der Waals surface area contributed by atoms with Crippen LogP contribution in [0.25, 0.3) is 0 Å². The smallest absolute Gasteiger partial charge is 0.334 e. The monoisotopic (exact) mass is 372 g/mol. The first-order valence-corrected chi connectivity index (χ1v) is 9.04. The van der Waals surface area contributed by atoms with E-state index < -0.39 is 6.10 Å². The number of hydrogen-bond donors (Lipinski definition) is 2. The van der Waals surface area contributed by atoms with Crippen LogP contribution in [-0.4, -0.2) is 28.9 Å². The summed E-state index contributed by atoms with van der Waals surface area (Å²) in [6.45, 7) is 6.06. The highest BCUT2D eigenvalue weighted by Gasteiger charge is 2.28. The van der Waals surface area contributed by atoms with Crippen molar-refractivity contribution in [3.63, 3.8) is 0 Å². The molecular weight excluding hydrogens is 344 g/mol. The average Bonchev–Trinajstić information content (AvgIpc) is 2.97. The van der Waals surface area contributed by atoms with Crippen LogP contribution in [0.2, 0.25) is 0 Å². The highest BCUT2D eigenvalue weighted by Crippen LogP contribution is 2.36. The fourth-order valence-corrected chi connectivity index (χ4v) is 2.74. The Morgan fingerprint density at radius 2 is 2.07 bits per heavy atom. The van der Waals surface area contributed by atoms with E-state index in [1.807, 2.05) is 19.9 Å². The summed E-state index contributed by atoms with van der Waals surface area (Å²) >= 11 is 0. The van der Waals surface area contributed by atoms with Crippen LogP contribution in [0.3, 0.4) is 0 Å². The Morgan fingerprint density at radius 3 is 2.78 bits per heavy atom. The van der Waals surface area contributed by atoms with Crippen LogP contribution in [0.15, 0.2) is 53.6 Å². The molecule has 1 aliphatic heterocycles. The van der Waals surface area contributed by atoms with Crippen molar-refractivity contribution in [1.82, 2.24) is 0 Å². The Kier molecular flexibility index (Phi) is 6.86. The molecule has 0 radical (unpaired) electrons. The van der Waals surface area contributed by atoms with E-state index in [0.29, 0.717) is 17.6 Å². The van der Waals surface area contributed by atoms with Crippen molar-refractivity contribution in [3.05, 3.63) is 59.2 Å². The summed E-state index contributed by atoms with van der Waals surface area (Å²) in [5.74, 6) is -0.371. The second-order valence-electron chi connectivity index (χ2n) is 7.26. The lowest BCUT2D eigenvalue weighted by molar-refractivity contribution is -0.140. The molecule has 0 fully saturated rings. The van der Waals surface area contributed by atoms with Gasteiger partial charge in [-0.1, -0.05) is 23.8 Å². The van der Waals surface area contributed by atoms with Gasteiger partial charge in [-0.05, 0) is 64.3 Å². The zero-order valence-electron chi connectivity index (χ0n) is 16.4. The maximum atomic E-state index is 12.1. The summed E-state index contributed by atoms with van der Waals surface area (Å²) < 4.78 is 10.7. The van der Waals surface area contributed by atoms with Crippen molar-refractivity contribution < 1.29 is 24.5 Å². The number of methoxy groups -OCH3 is 1. The van der Waals surface area contributed by atoms with Gasteiger partial charge in [-0.3, -0.25) is 0 Å². The van der Waals surface area contributed by atoms with Crippen LogP contribution in [0, 0.1) is 0 Å². The quantitative estimate of drug-likeness (QED) is 0.392. The molecular formula is C22H28O5. The molecule has 1 aromatic carbocycles. The Hall–Kier alpha value is -2.53. The highest BCUT2D eigenvalue weighted by molar-refractivity contribution is 5.91. The van der Waals surface area contributed by atoms with Crippen molar-refractivity contribution in [1.29, 1.82) is 0 Å². The van der Waals surface area contributed by atoms with Gasteiger partial charge in [0.1, 0.15) is 17.6 Å². The molecule has 1 aromatic rings. The van der Waals surface area contributed by atoms with Gasteiger partial charge < -0.3 is 19.7 Å². The van der Waals surface area contributed by atoms with Gasteiger partial charge in [0.25, 0.3) is 0 Å². The van der Waals surface area contributed by atoms with Gasteiger partial charge in [0.2, 0.25) is 0 Å². The van der Waals surface area contributed by atoms with Crippen LogP contribution in [-0.2, 0) is 14.3 Å². The first kappa shape index (κ1) is 20.8. The molecule has 0 bridgehead atoms. The number of rotatable bonds is 8. The number of benzene rings is 1. The topological polar surface area (TPSA) is 76.0 Å². The summed E-state index contributed by atoms with van der Waals surface area (Å²) in [7, 11) is 1.69. The van der Waals surface area contributed by atoms with E-state index in [9.17, 15) is 15.0 Å². The normalized spacial score (nSPS) is 18.1. The van der Waals surface area contributed by atoms with Gasteiger partial charge in [-0.25, -0.2) is 4.79 Å². The maximum absolute atomic E-state index is 12.1. The van der Waals surface area contributed by atoms with Crippen LogP contribution >= 0.6 is 0 Å². The number of hydrogen-bond acceptors (Lipinski definition) is 5. The molecule has 5 heteroatoms. The van der Waals surface area contributed by atoms with Crippen LogP contribution < -0.4 is 0 Å². The first-order valence-electron chi connectivity index (χ1n) is 9.04. The molecule has 0 spiro atoms. The van der Waals surface area contributed by atoms with E-state index in [4.69, 9.17) is 9.47 Å². The van der Waals surface area contributed by atoms with E-state index >= 15 is 0 Å². The molecule has 146 valence electrons. The molecule has 0 saturated heterocycles. The van der Waals surface area contributed by atoms with Gasteiger partial charge in [0.05, 0.1) is 5.60 Å². The molecule has 0 saturated carbocycles. The number of cyclic esters (lactones) is 1. The predicted octanol–water partition coefficient (Wildman–Crippen LogP) is 4.72. The fraction of sp³-hybridized carbons (Fsp3) is 0.409. The molecule has 1 aliphatic rings. The molecule has 5 nitrogen and oxygen atoms in total. The molecule has 1 heterocycles. The maximum Gasteiger partial charge on any atom is 0.334 e. The largest absolute Gasteiger partial charge is 0.508 e. The Morgan fingerprint density at radius 1 is 1.33 bits per heavy atom. The van der Waals surface area contributed by atoms with Gasteiger partial charge in [0.15, 0.2) is 0 Å². The van der Waals surface area contributed by atoms with Crippen molar-refractivity contribution in [2.75, 3.05) is 7.11 Å². The highest BCUT2D eigenvalue weighted by atomic mass is 16.5. The van der Waals surface area contributed by atoms with Crippen molar-refractivity contribution in [3.8, 4) is 11.5 Å². The summed E-state index contributed by atoms with van der Waals surface area (Å²) in [5.41, 5.74) is 1.91. The van der Waals surface area contributed by atoms with Gasteiger partial charge >= 0.3 is 5.97 Å². The first-order chi connectivity index (χ1) is 12.7. The number of phenolic OH excluding ortho intramolecular Hbond substituents is 2. The number of ether oxygens (including phenoxy) is 2. The van der Waals surface area contributed by atoms with Crippen LogP contribution in [0.5, 0.6) is 11.5 Å².